The fourth-order valence-corrected chi connectivity index (χ4v) is 3.87. The first-order valence-corrected chi connectivity index (χ1v) is 10.9. The lowest BCUT2D eigenvalue weighted by Gasteiger charge is -2.09. The smallest absolute Gasteiger partial charge is 0.276 e. The Morgan fingerprint density at radius 3 is 2.42 bits per heavy atom. The Labute approximate surface area is 194 Å². The fourth-order valence-electron chi connectivity index (χ4n) is 3.87. The van der Waals surface area contributed by atoms with E-state index in [4.69, 9.17) is 4.74 Å². The molecule has 1 N–H and O–H groups in total. The van der Waals surface area contributed by atoms with Crippen LogP contribution in [0.2, 0.25) is 0 Å². The van der Waals surface area contributed by atoms with Crippen molar-refractivity contribution in [2.75, 3.05) is 5.32 Å². The minimum Gasteiger partial charge on any atom is -0.471 e. The molecule has 0 radical (unpaired) electrons. The number of nitrogens with zero attached hydrogens (tertiary/aromatic N) is 4. The molecular formula is C26H29N5O2. The van der Waals surface area contributed by atoms with E-state index in [0.29, 0.717) is 12.2 Å². The van der Waals surface area contributed by atoms with Gasteiger partial charge in [0.1, 0.15) is 5.75 Å². The Morgan fingerprint density at radius 1 is 0.970 bits per heavy atom. The van der Waals surface area contributed by atoms with Gasteiger partial charge in [-0.15, -0.1) is 0 Å². The average Bonchev–Trinajstić information content (AvgIpc) is 3.34. The number of benzene rings is 2. The van der Waals surface area contributed by atoms with Crippen molar-refractivity contribution in [3.63, 3.8) is 0 Å². The number of rotatable bonds is 7. The summed E-state index contributed by atoms with van der Waals surface area (Å²) in [5.41, 5.74) is 7.40. The van der Waals surface area contributed by atoms with Gasteiger partial charge in [0.2, 0.25) is 0 Å². The molecule has 4 rings (SSSR count). The highest BCUT2D eigenvalue weighted by molar-refractivity contribution is 6.03. The molecule has 0 atom stereocenters. The third-order valence-corrected chi connectivity index (χ3v) is 5.63. The molecule has 0 aliphatic heterocycles. The molecule has 7 heteroatoms. The van der Waals surface area contributed by atoms with Crippen LogP contribution in [0.5, 0.6) is 5.75 Å². The number of ether oxygens (including phenoxy) is 1. The van der Waals surface area contributed by atoms with E-state index in [1.54, 1.807) is 16.9 Å². The van der Waals surface area contributed by atoms with Crippen molar-refractivity contribution in [2.24, 2.45) is 0 Å². The van der Waals surface area contributed by atoms with Gasteiger partial charge in [-0.25, -0.2) is 4.68 Å². The molecule has 0 saturated carbocycles. The maximum absolute atomic E-state index is 12.9. The molecule has 0 spiro atoms. The minimum absolute atomic E-state index is 0.225. The van der Waals surface area contributed by atoms with Crippen molar-refractivity contribution in [2.45, 2.75) is 47.9 Å². The van der Waals surface area contributed by atoms with Gasteiger partial charge < -0.3 is 10.1 Å². The van der Waals surface area contributed by atoms with Gasteiger partial charge in [0.15, 0.2) is 12.4 Å². The van der Waals surface area contributed by atoms with Gasteiger partial charge >= 0.3 is 0 Å². The average molecular weight is 444 g/mol. The molecule has 2 aromatic carbocycles. The summed E-state index contributed by atoms with van der Waals surface area (Å²) in [7, 11) is 0. The lowest BCUT2D eigenvalue weighted by atomic mass is 10.1. The number of carbonyl (C=O) groups is 1. The molecule has 0 unspecified atom stereocenters. The molecule has 7 nitrogen and oxygen atoms in total. The van der Waals surface area contributed by atoms with Crippen molar-refractivity contribution in [1.82, 2.24) is 19.6 Å². The van der Waals surface area contributed by atoms with Crippen LogP contribution in [0.15, 0.2) is 54.7 Å². The molecule has 0 fully saturated rings. The summed E-state index contributed by atoms with van der Waals surface area (Å²) >= 11 is 0. The van der Waals surface area contributed by atoms with Gasteiger partial charge in [-0.3, -0.25) is 9.48 Å². The lowest BCUT2D eigenvalue weighted by Crippen LogP contribution is -2.15. The van der Waals surface area contributed by atoms with Gasteiger partial charge in [-0.05, 0) is 75.1 Å². The SMILES string of the molecule is Cc1cc(C)cc(OCn2ccc(C(=O)Nc3c(C)nn(Cc4ccccc4C)c3C)n2)c1. The molecule has 0 saturated heterocycles. The van der Waals surface area contributed by atoms with Crippen LogP contribution >= 0.6 is 0 Å². The quantitative estimate of drug-likeness (QED) is 0.438. The zero-order valence-electron chi connectivity index (χ0n) is 19.7. The Balaban J connectivity index is 1.43. The summed E-state index contributed by atoms with van der Waals surface area (Å²) in [5.74, 6) is 0.503. The number of anilines is 1. The molecule has 2 aromatic heterocycles. The number of amides is 1. The van der Waals surface area contributed by atoms with E-state index >= 15 is 0 Å². The van der Waals surface area contributed by atoms with Crippen LogP contribution < -0.4 is 10.1 Å². The van der Waals surface area contributed by atoms with Gasteiger partial charge in [0.05, 0.1) is 23.6 Å². The van der Waals surface area contributed by atoms with Crippen LogP contribution in [0.1, 0.15) is 44.1 Å². The molecule has 0 aliphatic carbocycles. The van der Waals surface area contributed by atoms with Crippen LogP contribution in [0, 0.1) is 34.6 Å². The van der Waals surface area contributed by atoms with Crippen molar-refractivity contribution in [1.29, 1.82) is 0 Å². The number of hydrogen-bond acceptors (Lipinski definition) is 4. The maximum Gasteiger partial charge on any atom is 0.276 e. The third kappa shape index (κ3) is 5.14. The molecule has 1 amide bonds. The fraction of sp³-hybridized carbons (Fsp3) is 0.269. The van der Waals surface area contributed by atoms with E-state index in [1.807, 2.05) is 56.6 Å². The second kappa shape index (κ2) is 9.32. The Kier molecular flexibility index (Phi) is 6.31. The molecule has 4 aromatic rings. The summed E-state index contributed by atoms with van der Waals surface area (Å²) in [5, 5.41) is 12.0. The summed E-state index contributed by atoms with van der Waals surface area (Å²) in [4.78, 5) is 12.9. The summed E-state index contributed by atoms with van der Waals surface area (Å²) in [6.45, 7) is 10.9. The first-order valence-electron chi connectivity index (χ1n) is 10.9. The summed E-state index contributed by atoms with van der Waals surface area (Å²) in [6.07, 6.45) is 1.74. The van der Waals surface area contributed by atoms with E-state index in [-0.39, 0.29) is 12.6 Å². The maximum atomic E-state index is 12.9. The Morgan fingerprint density at radius 2 is 1.70 bits per heavy atom. The van der Waals surface area contributed by atoms with Crippen molar-refractivity contribution < 1.29 is 9.53 Å². The van der Waals surface area contributed by atoms with Crippen molar-refractivity contribution in [3.8, 4) is 5.75 Å². The number of hydrogen-bond donors (Lipinski definition) is 1. The van der Waals surface area contributed by atoms with E-state index in [0.717, 1.165) is 34.0 Å². The molecule has 0 aliphatic rings. The zero-order chi connectivity index (χ0) is 23.5. The molecule has 33 heavy (non-hydrogen) atoms. The van der Waals surface area contributed by atoms with Gasteiger partial charge in [-0.1, -0.05) is 30.3 Å². The van der Waals surface area contributed by atoms with E-state index in [2.05, 4.69) is 40.6 Å². The predicted octanol–water partition coefficient (Wildman–Crippen LogP) is 4.96. The van der Waals surface area contributed by atoms with Gasteiger partial charge in [0.25, 0.3) is 5.91 Å². The normalized spacial score (nSPS) is 10.9. The number of aromatic nitrogens is 4. The van der Waals surface area contributed by atoms with Crippen LogP contribution in [-0.2, 0) is 13.3 Å². The Hall–Kier alpha value is -3.87. The van der Waals surface area contributed by atoms with Crippen LogP contribution in [0.25, 0.3) is 0 Å². The zero-order valence-corrected chi connectivity index (χ0v) is 19.7. The molecule has 2 heterocycles. The second-order valence-electron chi connectivity index (χ2n) is 8.42. The topological polar surface area (TPSA) is 74.0 Å². The lowest BCUT2D eigenvalue weighted by molar-refractivity contribution is 0.102. The second-order valence-corrected chi connectivity index (χ2v) is 8.42. The number of carbonyl (C=O) groups excluding carboxylic acids is 1. The van der Waals surface area contributed by atoms with Crippen LogP contribution in [0.4, 0.5) is 5.69 Å². The first kappa shape index (κ1) is 22.3. The highest BCUT2D eigenvalue weighted by atomic mass is 16.5. The van der Waals surface area contributed by atoms with Crippen molar-refractivity contribution >= 4 is 11.6 Å². The predicted molar refractivity (Wildman–Crippen MR) is 129 cm³/mol. The largest absolute Gasteiger partial charge is 0.471 e. The molecular weight excluding hydrogens is 414 g/mol. The van der Waals surface area contributed by atoms with E-state index < -0.39 is 0 Å². The van der Waals surface area contributed by atoms with E-state index in [9.17, 15) is 4.79 Å². The van der Waals surface area contributed by atoms with Crippen molar-refractivity contribution in [3.05, 3.63) is 94.1 Å². The van der Waals surface area contributed by atoms with E-state index in [1.165, 1.54) is 11.1 Å². The standard InChI is InChI=1S/C26H29N5O2/c1-17-12-18(2)14-23(13-17)33-16-30-11-10-24(29-30)26(32)27-25-20(4)28-31(21(25)5)15-22-9-7-6-8-19(22)3/h6-14H,15-16H2,1-5H3,(H,27,32). The molecule has 0 bridgehead atoms. The number of nitrogens with one attached hydrogen (secondary N) is 1. The van der Waals surface area contributed by atoms with Crippen LogP contribution in [-0.4, -0.2) is 25.5 Å². The van der Waals surface area contributed by atoms with Crippen LogP contribution in [0.3, 0.4) is 0 Å². The third-order valence-electron chi connectivity index (χ3n) is 5.63. The monoisotopic (exact) mass is 443 g/mol. The van der Waals surface area contributed by atoms with Gasteiger partial charge in [-0.2, -0.15) is 10.2 Å². The highest BCUT2D eigenvalue weighted by Gasteiger charge is 2.17. The highest BCUT2D eigenvalue weighted by Crippen LogP contribution is 2.22. The minimum atomic E-state index is -0.276. The Bertz CT molecular complexity index is 1280. The first-order chi connectivity index (χ1) is 15.8. The van der Waals surface area contributed by atoms with Gasteiger partial charge in [0, 0.05) is 6.20 Å². The summed E-state index contributed by atoms with van der Waals surface area (Å²) in [6, 6.07) is 16.0. The summed E-state index contributed by atoms with van der Waals surface area (Å²) < 4.78 is 9.35. The molecule has 170 valence electrons. The number of aryl methyl sites for hydroxylation is 4.